The summed E-state index contributed by atoms with van der Waals surface area (Å²) < 4.78 is 11.1. The number of hydrogen-bond acceptors (Lipinski definition) is 4. The molecule has 0 aliphatic carbocycles. The van der Waals surface area contributed by atoms with E-state index < -0.39 is 0 Å². The standard InChI is InChI=1S/C23H20N2O3/c1-15-18-14-17(27-2)11-12-20(18)28-22(15)23(26)25-21(16-8-4-3-5-9-16)19-10-6-7-13-24-19/h3-14,21H,1-2H3,(H,25,26). The summed E-state index contributed by atoms with van der Waals surface area (Å²) in [6.07, 6.45) is 1.72. The molecule has 1 unspecified atom stereocenters. The molecule has 0 saturated heterocycles. The Labute approximate surface area is 163 Å². The van der Waals surface area contributed by atoms with E-state index in [1.165, 1.54) is 0 Å². The summed E-state index contributed by atoms with van der Waals surface area (Å²) >= 11 is 0. The number of nitrogens with one attached hydrogen (secondary N) is 1. The predicted molar refractivity (Wildman–Crippen MR) is 107 cm³/mol. The van der Waals surface area contributed by atoms with Gasteiger partial charge in [0, 0.05) is 17.1 Å². The molecule has 2 heterocycles. The predicted octanol–water partition coefficient (Wildman–Crippen LogP) is 4.66. The summed E-state index contributed by atoms with van der Waals surface area (Å²) in [4.78, 5) is 17.5. The van der Waals surface area contributed by atoms with E-state index in [1.807, 2.05) is 73.7 Å². The highest BCUT2D eigenvalue weighted by Crippen LogP contribution is 2.29. The minimum absolute atomic E-state index is 0.285. The topological polar surface area (TPSA) is 64.4 Å². The van der Waals surface area contributed by atoms with Crippen molar-refractivity contribution in [2.24, 2.45) is 0 Å². The average molecular weight is 372 g/mol. The molecule has 140 valence electrons. The van der Waals surface area contributed by atoms with Crippen LogP contribution in [0.1, 0.15) is 33.4 Å². The molecule has 2 aromatic heterocycles. The van der Waals surface area contributed by atoms with Crippen LogP contribution >= 0.6 is 0 Å². The SMILES string of the molecule is COc1ccc2oc(C(=O)NC(c3ccccc3)c3ccccn3)c(C)c2c1. The van der Waals surface area contributed by atoms with Crippen LogP contribution in [-0.2, 0) is 0 Å². The molecule has 0 aliphatic rings. The summed E-state index contributed by atoms with van der Waals surface area (Å²) in [5.41, 5.74) is 3.14. The number of methoxy groups -OCH3 is 1. The number of hydrogen-bond donors (Lipinski definition) is 1. The molecule has 5 nitrogen and oxygen atoms in total. The van der Waals surface area contributed by atoms with Gasteiger partial charge in [0.1, 0.15) is 11.3 Å². The van der Waals surface area contributed by atoms with Crippen molar-refractivity contribution >= 4 is 16.9 Å². The van der Waals surface area contributed by atoms with E-state index in [-0.39, 0.29) is 11.9 Å². The number of aromatic nitrogens is 1. The van der Waals surface area contributed by atoms with E-state index in [9.17, 15) is 4.79 Å². The molecule has 0 saturated carbocycles. The van der Waals surface area contributed by atoms with Gasteiger partial charge in [-0.25, -0.2) is 0 Å². The number of rotatable bonds is 5. The maximum atomic E-state index is 13.1. The Morgan fingerprint density at radius 2 is 1.86 bits per heavy atom. The molecule has 4 aromatic rings. The van der Waals surface area contributed by atoms with Crippen molar-refractivity contribution in [2.45, 2.75) is 13.0 Å². The molecule has 0 fully saturated rings. The van der Waals surface area contributed by atoms with Crippen molar-refractivity contribution in [3.63, 3.8) is 0 Å². The number of furan rings is 1. The van der Waals surface area contributed by atoms with E-state index in [4.69, 9.17) is 9.15 Å². The van der Waals surface area contributed by atoms with Crippen LogP contribution in [0.25, 0.3) is 11.0 Å². The zero-order chi connectivity index (χ0) is 19.5. The van der Waals surface area contributed by atoms with Crippen LogP contribution in [-0.4, -0.2) is 18.0 Å². The second-order valence-corrected chi connectivity index (χ2v) is 6.49. The Hall–Kier alpha value is -3.60. The average Bonchev–Trinajstić information content (AvgIpc) is 3.09. The first-order chi connectivity index (χ1) is 13.7. The first-order valence-corrected chi connectivity index (χ1v) is 9.01. The lowest BCUT2D eigenvalue weighted by atomic mass is 10.0. The van der Waals surface area contributed by atoms with Crippen LogP contribution in [0.15, 0.2) is 77.3 Å². The van der Waals surface area contributed by atoms with E-state index in [2.05, 4.69) is 10.3 Å². The Bertz CT molecular complexity index is 1070. The summed E-state index contributed by atoms with van der Waals surface area (Å²) in [6.45, 7) is 1.87. The summed E-state index contributed by atoms with van der Waals surface area (Å²) in [5, 5.41) is 3.93. The second kappa shape index (κ2) is 7.56. The molecular formula is C23H20N2O3. The number of nitrogens with zero attached hydrogens (tertiary/aromatic N) is 1. The minimum Gasteiger partial charge on any atom is -0.497 e. The fraction of sp³-hybridized carbons (Fsp3) is 0.130. The van der Waals surface area contributed by atoms with E-state index in [1.54, 1.807) is 13.3 Å². The minimum atomic E-state index is -0.378. The fourth-order valence-corrected chi connectivity index (χ4v) is 3.26. The van der Waals surface area contributed by atoms with Gasteiger partial charge in [-0.05, 0) is 42.8 Å². The van der Waals surface area contributed by atoms with Crippen molar-refractivity contribution < 1.29 is 13.9 Å². The van der Waals surface area contributed by atoms with Gasteiger partial charge in [0.15, 0.2) is 5.76 Å². The largest absolute Gasteiger partial charge is 0.497 e. The molecule has 1 N–H and O–H groups in total. The van der Waals surface area contributed by atoms with Crippen molar-refractivity contribution in [1.29, 1.82) is 0 Å². The molecule has 0 spiro atoms. The Morgan fingerprint density at radius 1 is 1.07 bits per heavy atom. The van der Waals surface area contributed by atoms with Crippen LogP contribution in [0.2, 0.25) is 0 Å². The maximum Gasteiger partial charge on any atom is 0.288 e. The first-order valence-electron chi connectivity index (χ1n) is 9.01. The van der Waals surface area contributed by atoms with E-state index >= 15 is 0 Å². The van der Waals surface area contributed by atoms with Gasteiger partial charge in [-0.3, -0.25) is 9.78 Å². The van der Waals surface area contributed by atoms with Gasteiger partial charge in [0.05, 0.1) is 18.8 Å². The lowest BCUT2D eigenvalue weighted by Gasteiger charge is -2.18. The number of fused-ring (bicyclic) bond motifs is 1. The van der Waals surface area contributed by atoms with Crippen molar-refractivity contribution in [1.82, 2.24) is 10.3 Å². The third-order valence-corrected chi connectivity index (χ3v) is 4.74. The van der Waals surface area contributed by atoms with Gasteiger partial charge >= 0.3 is 0 Å². The molecule has 1 atom stereocenters. The smallest absolute Gasteiger partial charge is 0.288 e. The second-order valence-electron chi connectivity index (χ2n) is 6.49. The van der Waals surface area contributed by atoms with Gasteiger partial charge in [0.25, 0.3) is 5.91 Å². The molecule has 5 heteroatoms. The zero-order valence-corrected chi connectivity index (χ0v) is 15.7. The van der Waals surface area contributed by atoms with Crippen molar-refractivity contribution in [3.8, 4) is 5.75 Å². The Kier molecular flexibility index (Phi) is 4.81. The molecular weight excluding hydrogens is 352 g/mol. The quantitative estimate of drug-likeness (QED) is 0.553. The molecule has 4 rings (SSSR count). The van der Waals surface area contributed by atoms with Gasteiger partial charge in [-0.15, -0.1) is 0 Å². The number of benzene rings is 2. The number of carbonyl (C=O) groups is 1. The van der Waals surface area contributed by atoms with Crippen LogP contribution in [0.4, 0.5) is 0 Å². The van der Waals surface area contributed by atoms with E-state index in [0.717, 1.165) is 28.0 Å². The number of pyridine rings is 1. The lowest BCUT2D eigenvalue weighted by molar-refractivity contribution is 0.0915. The highest BCUT2D eigenvalue weighted by molar-refractivity contribution is 5.99. The van der Waals surface area contributed by atoms with Gasteiger partial charge in [0.2, 0.25) is 0 Å². The van der Waals surface area contributed by atoms with Crippen LogP contribution in [0.5, 0.6) is 5.75 Å². The number of carbonyl (C=O) groups excluding carboxylic acids is 1. The monoisotopic (exact) mass is 372 g/mol. The highest BCUT2D eigenvalue weighted by atomic mass is 16.5. The fourth-order valence-electron chi connectivity index (χ4n) is 3.26. The third kappa shape index (κ3) is 3.34. The molecule has 0 radical (unpaired) electrons. The number of aryl methyl sites for hydroxylation is 1. The normalized spacial score (nSPS) is 11.9. The summed E-state index contributed by atoms with van der Waals surface area (Å²) in [6, 6.07) is 20.5. The van der Waals surface area contributed by atoms with Gasteiger partial charge in [-0.2, -0.15) is 0 Å². The first kappa shape index (κ1) is 17.8. The molecule has 2 aromatic carbocycles. The lowest BCUT2D eigenvalue weighted by Crippen LogP contribution is -2.30. The number of amides is 1. The van der Waals surface area contributed by atoms with Crippen molar-refractivity contribution in [3.05, 3.63) is 95.5 Å². The third-order valence-electron chi connectivity index (χ3n) is 4.74. The Morgan fingerprint density at radius 3 is 2.57 bits per heavy atom. The van der Waals surface area contributed by atoms with Crippen LogP contribution in [0, 0.1) is 6.92 Å². The number of ether oxygens (including phenoxy) is 1. The van der Waals surface area contributed by atoms with Gasteiger partial charge < -0.3 is 14.5 Å². The highest BCUT2D eigenvalue weighted by Gasteiger charge is 2.23. The molecule has 1 amide bonds. The van der Waals surface area contributed by atoms with E-state index in [0.29, 0.717) is 11.3 Å². The molecule has 28 heavy (non-hydrogen) atoms. The zero-order valence-electron chi connectivity index (χ0n) is 15.7. The Balaban J connectivity index is 1.70. The van der Waals surface area contributed by atoms with Gasteiger partial charge in [-0.1, -0.05) is 36.4 Å². The van der Waals surface area contributed by atoms with Crippen molar-refractivity contribution in [2.75, 3.05) is 7.11 Å². The summed E-state index contributed by atoms with van der Waals surface area (Å²) in [5.74, 6) is 0.728. The van der Waals surface area contributed by atoms with Crippen LogP contribution < -0.4 is 10.1 Å². The molecule has 0 aliphatic heterocycles. The molecule has 0 bridgehead atoms. The maximum absolute atomic E-state index is 13.1. The van der Waals surface area contributed by atoms with Crippen LogP contribution in [0.3, 0.4) is 0 Å². The summed E-state index contributed by atoms with van der Waals surface area (Å²) in [7, 11) is 1.61.